The standard InChI is InChI=1S/C18H24N4O3/c1-5-25-15-9-8-14(11-16(15)23-3)22-18(19-2)21-12-13-7-6-10-20-17(13)24-4/h6-11H,5,12H2,1-4H3,(H2,19,21,22). The highest BCUT2D eigenvalue weighted by Gasteiger charge is 2.08. The van der Waals surface area contributed by atoms with Gasteiger partial charge in [0.05, 0.1) is 20.8 Å². The van der Waals surface area contributed by atoms with Gasteiger partial charge in [0.2, 0.25) is 5.88 Å². The number of aromatic nitrogens is 1. The summed E-state index contributed by atoms with van der Waals surface area (Å²) in [5.41, 5.74) is 1.78. The van der Waals surface area contributed by atoms with Crippen molar-refractivity contribution in [2.24, 2.45) is 4.99 Å². The van der Waals surface area contributed by atoms with Crippen LogP contribution >= 0.6 is 0 Å². The quantitative estimate of drug-likeness (QED) is 0.594. The number of anilines is 1. The molecule has 0 fully saturated rings. The second kappa shape index (κ2) is 9.36. The molecule has 1 heterocycles. The summed E-state index contributed by atoms with van der Waals surface area (Å²) in [6.07, 6.45) is 1.70. The summed E-state index contributed by atoms with van der Waals surface area (Å²) >= 11 is 0. The van der Waals surface area contributed by atoms with E-state index in [1.165, 1.54) is 0 Å². The van der Waals surface area contributed by atoms with E-state index in [9.17, 15) is 0 Å². The van der Waals surface area contributed by atoms with Gasteiger partial charge >= 0.3 is 0 Å². The Bertz CT molecular complexity index is 719. The number of nitrogens with one attached hydrogen (secondary N) is 2. The van der Waals surface area contributed by atoms with Gasteiger partial charge in [-0.1, -0.05) is 6.07 Å². The lowest BCUT2D eigenvalue weighted by Crippen LogP contribution is -2.30. The average Bonchev–Trinajstić information content (AvgIpc) is 2.66. The van der Waals surface area contributed by atoms with Crippen LogP contribution in [0.15, 0.2) is 41.5 Å². The van der Waals surface area contributed by atoms with Crippen molar-refractivity contribution in [2.45, 2.75) is 13.5 Å². The van der Waals surface area contributed by atoms with Gasteiger partial charge in [0.15, 0.2) is 17.5 Å². The molecule has 0 aliphatic carbocycles. The van der Waals surface area contributed by atoms with E-state index < -0.39 is 0 Å². The highest BCUT2D eigenvalue weighted by atomic mass is 16.5. The van der Waals surface area contributed by atoms with Gasteiger partial charge in [0, 0.05) is 37.1 Å². The third-order valence-corrected chi connectivity index (χ3v) is 3.44. The predicted molar refractivity (Wildman–Crippen MR) is 98.8 cm³/mol. The number of hydrogen-bond acceptors (Lipinski definition) is 5. The van der Waals surface area contributed by atoms with Gasteiger partial charge in [-0.2, -0.15) is 0 Å². The molecule has 0 saturated carbocycles. The normalized spacial score (nSPS) is 11.0. The molecule has 0 atom stereocenters. The Morgan fingerprint density at radius 2 is 2.00 bits per heavy atom. The molecule has 2 rings (SSSR count). The van der Waals surface area contributed by atoms with Crippen LogP contribution in [0, 0.1) is 0 Å². The molecule has 0 amide bonds. The first-order chi connectivity index (χ1) is 12.2. The molecule has 7 nitrogen and oxygen atoms in total. The molecule has 1 aromatic heterocycles. The summed E-state index contributed by atoms with van der Waals surface area (Å²) in [6.45, 7) is 3.05. The summed E-state index contributed by atoms with van der Waals surface area (Å²) < 4.78 is 16.1. The fourth-order valence-corrected chi connectivity index (χ4v) is 2.26. The average molecular weight is 344 g/mol. The molecule has 7 heteroatoms. The summed E-state index contributed by atoms with van der Waals surface area (Å²) in [6, 6.07) is 9.45. The molecule has 0 unspecified atom stereocenters. The predicted octanol–water partition coefficient (Wildman–Crippen LogP) is 2.69. The molecule has 1 aromatic carbocycles. The Balaban J connectivity index is 2.05. The molecule has 2 N–H and O–H groups in total. The first-order valence-electron chi connectivity index (χ1n) is 7.98. The summed E-state index contributed by atoms with van der Waals surface area (Å²) in [4.78, 5) is 8.41. The lowest BCUT2D eigenvalue weighted by molar-refractivity contribution is 0.311. The van der Waals surface area contributed by atoms with Crippen LogP contribution in [0.5, 0.6) is 17.4 Å². The van der Waals surface area contributed by atoms with E-state index in [2.05, 4.69) is 20.6 Å². The minimum atomic E-state index is 0.533. The van der Waals surface area contributed by atoms with Crippen molar-refractivity contribution in [2.75, 3.05) is 33.2 Å². The summed E-state index contributed by atoms with van der Waals surface area (Å²) in [5.74, 6) is 2.58. The van der Waals surface area contributed by atoms with E-state index in [4.69, 9.17) is 14.2 Å². The molecule has 0 aliphatic rings. The lowest BCUT2D eigenvalue weighted by atomic mass is 10.2. The van der Waals surface area contributed by atoms with E-state index in [0.29, 0.717) is 36.5 Å². The Hall–Kier alpha value is -2.96. The van der Waals surface area contributed by atoms with Crippen LogP contribution in [0.4, 0.5) is 5.69 Å². The van der Waals surface area contributed by atoms with E-state index in [1.807, 2.05) is 37.3 Å². The number of pyridine rings is 1. The van der Waals surface area contributed by atoms with Crippen LogP contribution in [-0.4, -0.2) is 38.8 Å². The van der Waals surface area contributed by atoms with Crippen molar-refractivity contribution in [3.63, 3.8) is 0 Å². The molecular formula is C18H24N4O3. The molecule has 2 aromatic rings. The van der Waals surface area contributed by atoms with Crippen LogP contribution in [0.2, 0.25) is 0 Å². The zero-order valence-corrected chi connectivity index (χ0v) is 15.0. The van der Waals surface area contributed by atoms with Crippen molar-refractivity contribution >= 4 is 11.6 Å². The number of methoxy groups -OCH3 is 2. The Kier molecular flexibility index (Phi) is 6.88. The van der Waals surface area contributed by atoms with Crippen LogP contribution in [0.25, 0.3) is 0 Å². The van der Waals surface area contributed by atoms with E-state index in [1.54, 1.807) is 27.5 Å². The van der Waals surface area contributed by atoms with E-state index in [0.717, 1.165) is 11.3 Å². The largest absolute Gasteiger partial charge is 0.493 e. The number of nitrogens with zero attached hydrogens (tertiary/aromatic N) is 2. The Morgan fingerprint density at radius 3 is 2.68 bits per heavy atom. The number of rotatable bonds is 7. The summed E-state index contributed by atoms with van der Waals surface area (Å²) in [5, 5.41) is 6.46. The van der Waals surface area contributed by atoms with Crippen LogP contribution in [0.3, 0.4) is 0 Å². The number of guanidine groups is 1. The van der Waals surface area contributed by atoms with Crippen molar-refractivity contribution in [1.29, 1.82) is 0 Å². The number of benzene rings is 1. The van der Waals surface area contributed by atoms with Gasteiger partial charge in [-0.15, -0.1) is 0 Å². The van der Waals surface area contributed by atoms with Gasteiger partial charge in [0.1, 0.15) is 0 Å². The van der Waals surface area contributed by atoms with Crippen molar-refractivity contribution < 1.29 is 14.2 Å². The lowest BCUT2D eigenvalue weighted by Gasteiger charge is -2.15. The molecule has 25 heavy (non-hydrogen) atoms. The molecule has 134 valence electrons. The van der Waals surface area contributed by atoms with Crippen LogP contribution < -0.4 is 24.8 Å². The van der Waals surface area contributed by atoms with Gasteiger partial charge in [0.25, 0.3) is 0 Å². The highest BCUT2D eigenvalue weighted by Crippen LogP contribution is 2.30. The van der Waals surface area contributed by atoms with Crippen LogP contribution in [-0.2, 0) is 6.54 Å². The number of hydrogen-bond donors (Lipinski definition) is 2. The first kappa shape index (κ1) is 18.4. The number of ether oxygens (including phenoxy) is 3. The maximum atomic E-state index is 5.53. The van der Waals surface area contributed by atoms with E-state index in [-0.39, 0.29) is 0 Å². The fraction of sp³-hybridized carbons (Fsp3) is 0.333. The first-order valence-corrected chi connectivity index (χ1v) is 7.98. The zero-order chi connectivity index (χ0) is 18.1. The highest BCUT2D eigenvalue weighted by molar-refractivity contribution is 5.93. The monoisotopic (exact) mass is 344 g/mol. The minimum absolute atomic E-state index is 0.533. The maximum Gasteiger partial charge on any atom is 0.218 e. The molecule has 0 spiro atoms. The molecule has 0 saturated heterocycles. The molecule has 0 aliphatic heterocycles. The van der Waals surface area contributed by atoms with Crippen molar-refractivity contribution in [3.8, 4) is 17.4 Å². The molecule has 0 radical (unpaired) electrons. The SMILES string of the molecule is CCOc1ccc(NC(=NC)NCc2cccnc2OC)cc1OC. The maximum absolute atomic E-state index is 5.53. The van der Waals surface area contributed by atoms with Gasteiger partial charge in [-0.25, -0.2) is 4.98 Å². The topological polar surface area (TPSA) is 77.0 Å². The Labute approximate surface area is 148 Å². The minimum Gasteiger partial charge on any atom is -0.493 e. The second-order valence-electron chi connectivity index (χ2n) is 5.02. The van der Waals surface area contributed by atoms with Crippen molar-refractivity contribution in [3.05, 3.63) is 42.1 Å². The fourth-order valence-electron chi connectivity index (χ4n) is 2.26. The Morgan fingerprint density at radius 1 is 1.16 bits per heavy atom. The van der Waals surface area contributed by atoms with Crippen LogP contribution in [0.1, 0.15) is 12.5 Å². The van der Waals surface area contributed by atoms with Crippen molar-refractivity contribution in [1.82, 2.24) is 10.3 Å². The van der Waals surface area contributed by atoms with Gasteiger partial charge in [-0.05, 0) is 25.1 Å². The van der Waals surface area contributed by atoms with Gasteiger partial charge < -0.3 is 24.8 Å². The van der Waals surface area contributed by atoms with Gasteiger partial charge in [-0.3, -0.25) is 4.99 Å². The smallest absolute Gasteiger partial charge is 0.218 e. The number of aliphatic imine (C=N–C) groups is 1. The second-order valence-corrected chi connectivity index (χ2v) is 5.02. The third-order valence-electron chi connectivity index (χ3n) is 3.44. The molecule has 0 bridgehead atoms. The molecular weight excluding hydrogens is 320 g/mol. The van der Waals surface area contributed by atoms with E-state index >= 15 is 0 Å². The zero-order valence-electron chi connectivity index (χ0n) is 15.0. The summed E-state index contributed by atoms with van der Waals surface area (Å²) in [7, 11) is 4.93. The third kappa shape index (κ3) is 5.00.